The van der Waals surface area contributed by atoms with E-state index in [1.807, 2.05) is 12.3 Å². The molecule has 0 amide bonds. The second-order valence-corrected chi connectivity index (χ2v) is 3.99. The van der Waals surface area contributed by atoms with Gasteiger partial charge in [-0.05, 0) is 25.6 Å². The van der Waals surface area contributed by atoms with Crippen molar-refractivity contribution in [3.8, 4) is 0 Å². The van der Waals surface area contributed by atoms with Gasteiger partial charge in [-0.15, -0.1) is 0 Å². The maximum absolute atomic E-state index is 4.40. The van der Waals surface area contributed by atoms with Crippen molar-refractivity contribution in [3.05, 3.63) is 29.6 Å². The van der Waals surface area contributed by atoms with Crippen LogP contribution in [0.1, 0.15) is 11.3 Å². The molecular weight excluding hydrogens is 174 g/mol. The maximum atomic E-state index is 4.40. The minimum atomic E-state index is 0.691. The lowest BCUT2D eigenvalue weighted by atomic mass is 10.1. The molecule has 1 aliphatic heterocycles. The Morgan fingerprint density at radius 3 is 2.93 bits per heavy atom. The van der Waals surface area contributed by atoms with E-state index in [-0.39, 0.29) is 0 Å². The number of nitrogens with one attached hydrogen (secondary N) is 1. The predicted molar refractivity (Wildman–Crippen MR) is 57.1 cm³/mol. The van der Waals surface area contributed by atoms with Gasteiger partial charge < -0.3 is 5.32 Å². The number of pyridine rings is 1. The summed E-state index contributed by atoms with van der Waals surface area (Å²) < 4.78 is 0. The van der Waals surface area contributed by atoms with Gasteiger partial charge in [0.1, 0.15) is 0 Å². The van der Waals surface area contributed by atoms with Gasteiger partial charge in [-0.2, -0.15) is 0 Å². The van der Waals surface area contributed by atoms with E-state index in [4.69, 9.17) is 0 Å². The van der Waals surface area contributed by atoms with E-state index in [1.54, 1.807) is 0 Å². The number of hydrogen-bond acceptors (Lipinski definition) is 3. The number of nitrogens with zero attached hydrogens (tertiary/aromatic N) is 2. The number of aromatic nitrogens is 1. The summed E-state index contributed by atoms with van der Waals surface area (Å²) in [6.07, 6.45) is 1.87. The molecule has 0 atom stereocenters. The molecule has 0 spiro atoms. The largest absolute Gasteiger partial charge is 0.314 e. The molecule has 14 heavy (non-hydrogen) atoms. The van der Waals surface area contributed by atoms with Gasteiger partial charge in [0.2, 0.25) is 0 Å². The fourth-order valence-corrected chi connectivity index (χ4v) is 1.63. The molecule has 0 radical (unpaired) electrons. The van der Waals surface area contributed by atoms with Crippen LogP contribution >= 0.6 is 0 Å². The van der Waals surface area contributed by atoms with Gasteiger partial charge in [0.05, 0.1) is 5.69 Å². The zero-order chi connectivity index (χ0) is 9.97. The van der Waals surface area contributed by atoms with E-state index in [9.17, 15) is 0 Å². The van der Waals surface area contributed by atoms with Gasteiger partial charge >= 0.3 is 0 Å². The molecule has 0 saturated carbocycles. The van der Waals surface area contributed by atoms with Gasteiger partial charge in [0, 0.05) is 31.9 Å². The summed E-state index contributed by atoms with van der Waals surface area (Å²) in [7, 11) is 2.17. The Hall–Kier alpha value is -0.930. The van der Waals surface area contributed by atoms with Gasteiger partial charge in [0.15, 0.2) is 0 Å². The van der Waals surface area contributed by atoms with Crippen LogP contribution in [0, 0.1) is 6.92 Å². The minimum Gasteiger partial charge on any atom is -0.314 e. The van der Waals surface area contributed by atoms with Crippen molar-refractivity contribution in [2.24, 2.45) is 0 Å². The SMILES string of the molecule is Cc1cccnc1CN(C)C1CNC1. The molecule has 1 aromatic rings. The molecule has 0 aliphatic carbocycles. The Kier molecular flexibility index (Phi) is 2.79. The van der Waals surface area contributed by atoms with Crippen molar-refractivity contribution >= 4 is 0 Å². The fraction of sp³-hybridized carbons (Fsp3) is 0.545. The van der Waals surface area contributed by atoms with E-state index >= 15 is 0 Å². The first-order valence-electron chi connectivity index (χ1n) is 5.09. The molecule has 0 aromatic carbocycles. The van der Waals surface area contributed by atoms with Gasteiger partial charge in [-0.1, -0.05) is 6.07 Å². The molecule has 0 bridgehead atoms. The molecule has 2 heterocycles. The van der Waals surface area contributed by atoms with E-state index in [2.05, 4.69) is 35.2 Å². The van der Waals surface area contributed by atoms with E-state index < -0.39 is 0 Å². The molecule has 76 valence electrons. The third kappa shape index (κ3) is 1.94. The molecule has 1 N–H and O–H groups in total. The number of rotatable bonds is 3. The lowest BCUT2D eigenvalue weighted by Gasteiger charge is -2.35. The van der Waals surface area contributed by atoms with Gasteiger partial charge in [-0.25, -0.2) is 0 Å². The standard InChI is InChI=1S/C11H17N3/c1-9-4-3-5-13-11(9)8-14(2)10-6-12-7-10/h3-5,10,12H,6-8H2,1-2H3. The van der Waals surface area contributed by atoms with Crippen molar-refractivity contribution in [1.82, 2.24) is 15.2 Å². The molecule has 1 saturated heterocycles. The second kappa shape index (κ2) is 4.07. The van der Waals surface area contributed by atoms with Crippen molar-refractivity contribution < 1.29 is 0 Å². The average Bonchev–Trinajstić information content (AvgIpc) is 2.05. The summed E-state index contributed by atoms with van der Waals surface area (Å²) in [6, 6.07) is 4.80. The first-order valence-corrected chi connectivity index (χ1v) is 5.09. The van der Waals surface area contributed by atoms with E-state index in [0.29, 0.717) is 6.04 Å². The number of aryl methyl sites for hydroxylation is 1. The molecule has 1 aromatic heterocycles. The van der Waals surface area contributed by atoms with Crippen LogP contribution < -0.4 is 5.32 Å². The first-order chi connectivity index (χ1) is 6.77. The van der Waals surface area contributed by atoms with Crippen molar-refractivity contribution in [1.29, 1.82) is 0 Å². The summed E-state index contributed by atoms with van der Waals surface area (Å²) >= 11 is 0. The topological polar surface area (TPSA) is 28.2 Å². The first kappa shape index (κ1) is 9.62. The van der Waals surface area contributed by atoms with Crippen molar-refractivity contribution in [2.45, 2.75) is 19.5 Å². The molecule has 3 nitrogen and oxygen atoms in total. The monoisotopic (exact) mass is 191 g/mol. The van der Waals surface area contributed by atoms with Crippen LogP contribution in [0.2, 0.25) is 0 Å². The normalized spacial score (nSPS) is 17.1. The fourth-order valence-electron chi connectivity index (χ4n) is 1.63. The van der Waals surface area contributed by atoms with Crippen LogP contribution in [0.5, 0.6) is 0 Å². The van der Waals surface area contributed by atoms with Crippen LogP contribution in [0.4, 0.5) is 0 Å². The Morgan fingerprint density at radius 2 is 2.36 bits per heavy atom. The summed E-state index contributed by atoms with van der Waals surface area (Å²) in [6.45, 7) is 5.30. The van der Waals surface area contributed by atoms with E-state index in [1.165, 1.54) is 11.3 Å². The predicted octanol–water partition coefficient (Wildman–Crippen LogP) is 0.794. The maximum Gasteiger partial charge on any atom is 0.0573 e. The zero-order valence-corrected chi connectivity index (χ0v) is 8.83. The average molecular weight is 191 g/mol. The zero-order valence-electron chi connectivity index (χ0n) is 8.83. The highest BCUT2D eigenvalue weighted by molar-refractivity contribution is 5.17. The highest BCUT2D eigenvalue weighted by Crippen LogP contribution is 2.10. The molecule has 3 heteroatoms. The Morgan fingerprint density at radius 1 is 1.57 bits per heavy atom. The minimum absolute atomic E-state index is 0.691. The third-order valence-corrected chi connectivity index (χ3v) is 2.90. The summed E-state index contributed by atoms with van der Waals surface area (Å²) in [5, 5.41) is 3.28. The lowest BCUT2D eigenvalue weighted by molar-refractivity contribution is 0.171. The lowest BCUT2D eigenvalue weighted by Crippen LogP contribution is -2.55. The summed E-state index contributed by atoms with van der Waals surface area (Å²) in [4.78, 5) is 6.76. The summed E-state index contributed by atoms with van der Waals surface area (Å²) in [5.41, 5.74) is 2.48. The smallest absolute Gasteiger partial charge is 0.0573 e. The molecular formula is C11H17N3. The number of hydrogen-bond donors (Lipinski definition) is 1. The highest BCUT2D eigenvalue weighted by Gasteiger charge is 2.21. The Labute approximate surface area is 85.1 Å². The Balaban J connectivity index is 1.99. The van der Waals surface area contributed by atoms with Crippen LogP contribution in [-0.2, 0) is 6.54 Å². The third-order valence-electron chi connectivity index (χ3n) is 2.90. The van der Waals surface area contributed by atoms with Crippen LogP contribution in [0.25, 0.3) is 0 Å². The molecule has 0 unspecified atom stereocenters. The van der Waals surface area contributed by atoms with Crippen molar-refractivity contribution in [3.63, 3.8) is 0 Å². The van der Waals surface area contributed by atoms with Crippen LogP contribution in [0.3, 0.4) is 0 Å². The quantitative estimate of drug-likeness (QED) is 0.765. The summed E-state index contributed by atoms with van der Waals surface area (Å²) in [5.74, 6) is 0. The Bertz CT molecular complexity index is 307. The number of likely N-dealkylation sites (N-methyl/N-ethyl adjacent to an activating group) is 1. The highest BCUT2D eigenvalue weighted by atomic mass is 15.2. The molecule has 1 fully saturated rings. The van der Waals surface area contributed by atoms with Gasteiger partial charge in [-0.3, -0.25) is 9.88 Å². The molecule has 1 aliphatic rings. The van der Waals surface area contributed by atoms with E-state index in [0.717, 1.165) is 19.6 Å². The van der Waals surface area contributed by atoms with Gasteiger partial charge in [0.25, 0.3) is 0 Å². The van der Waals surface area contributed by atoms with Crippen LogP contribution in [-0.4, -0.2) is 36.1 Å². The van der Waals surface area contributed by atoms with Crippen LogP contribution in [0.15, 0.2) is 18.3 Å². The van der Waals surface area contributed by atoms with Crippen molar-refractivity contribution in [2.75, 3.05) is 20.1 Å². The molecule has 2 rings (SSSR count). The second-order valence-electron chi connectivity index (χ2n) is 3.99.